The number of unbranched alkanes of at least 4 members (excludes halogenated alkanes) is 1. The number of nitrogens with one attached hydrogen (secondary N) is 1. The van der Waals surface area contributed by atoms with Gasteiger partial charge >= 0.3 is 0 Å². The Morgan fingerprint density at radius 2 is 1.85 bits per heavy atom. The Bertz CT molecular complexity index is 506. The van der Waals surface area contributed by atoms with Crippen LogP contribution in [0.2, 0.25) is 0 Å². The summed E-state index contributed by atoms with van der Waals surface area (Å²) in [5.41, 5.74) is 5.46. The fourth-order valence-electron chi connectivity index (χ4n) is 1.69. The van der Waals surface area contributed by atoms with Crippen LogP contribution in [-0.4, -0.2) is 21.0 Å². The molecule has 3 N–H and O–H groups in total. The molecule has 0 aliphatic rings. The summed E-state index contributed by atoms with van der Waals surface area (Å²) in [5.74, 6) is -2.22. The van der Waals surface area contributed by atoms with Gasteiger partial charge in [-0.1, -0.05) is 25.8 Å². The summed E-state index contributed by atoms with van der Waals surface area (Å²) in [5, 5.41) is 0. The van der Waals surface area contributed by atoms with Gasteiger partial charge in [-0.25, -0.2) is 21.9 Å². The molecule has 0 amide bonds. The van der Waals surface area contributed by atoms with Gasteiger partial charge in [0.1, 0.15) is 11.6 Å². The van der Waals surface area contributed by atoms with Gasteiger partial charge in [-0.05, 0) is 18.6 Å². The average molecular weight is 329 g/mol. The van der Waals surface area contributed by atoms with E-state index < -0.39 is 32.6 Å². The van der Waals surface area contributed by atoms with Gasteiger partial charge in [0.2, 0.25) is 10.0 Å². The molecule has 0 aromatic heterocycles. The fraction of sp³-hybridized carbons (Fsp3) is 0.500. The Kier molecular flexibility index (Phi) is 8.19. The van der Waals surface area contributed by atoms with Crippen molar-refractivity contribution in [3.05, 3.63) is 29.8 Å². The van der Waals surface area contributed by atoms with Crippen molar-refractivity contribution in [2.45, 2.75) is 37.1 Å². The standard InChI is InChI=1S/C12H18F2N2O2S.ClH/c1-2-3-5-9(8-15)16-19(17,18)12-10(13)6-4-7-11(12)14;/h4,6-7,9,16H,2-3,5,8,15H2,1H3;1H. The highest BCUT2D eigenvalue weighted by atomic mass is 35.5. The van der Waals surface area contributed by atoms with Gasteiger partial charge < -0.3 is 5.73 Å². The van der Waals surface area contributed by atoms with Crippen LogP contribution in [0.1, 0.15) is 26.2 Å². The molecule has 4 nitrogen and oxygen atoms in total. The molecular formula is C12H19ClF2N2O2S. The average Bonchev–Trinajstić information content (AvgIpc) is 2.33. The molecule has 0 bridgehead atoms. The number of rotatable bonds is 7. The normalized spacial score (nSPS) is 12.8. The highest BCUT2D eigenvalue weighted by molar-refractivity contribution is 7.89. The van der Waals surface area contributed by atoms with Gasteiger partial charge in [0.25, 0.3) is 0 Å². The predicted molar refractivity (Wildman–Crippen MR) is 76.3 cm³/mol. The number of halogens is 3. The first-order chi connectivity index (χ1) is 8.92. The van der Waals surface area contributed by atoms with E-state index in [-0.39, 0.29) is 19.0 Å². The molecule has 8 heteroatoms. The first-order valence-electron chi connectivity index (χ1n) is 6.08. The number of nitrogens with two attached hydrogens (primary N) is 1. The summed E-state index contributed by atoms with van der Waals surface area (Å²) in [6.07, 6.45) is 2.19. The maximum absolute atomic E-state index is 13.5. The lowest BCUT2D eigenvalue weighted by atomic mass is 10.1. The molecular weight excluding hydrogens is 310 g/mol. The molecule has 0 radical (unpaired) electrons. The second-order valence-corrected chi connectivity index (χ2v) is 5.90. The van der Waals surface area contributed by atoms with Crippen molar-refractivity contribution in [3.8, 4) is 0 Å². The lowest BCUT2D eigenvalue weighted by molar-refractivity contribution is 0.492. The van der Waals surface area contributed by atoms with Crippen LogP contribution in [0.15, 0.2) is 23.1 Å². The molecule has 0 aliphatic carbocycles. The zero-order chi connectivity index (χ0) is 14.5. The number of sulfonamides is 1. The van der Waals surface area contributed by atoms with Crippen molar-refractivity contribution >= 4 is 22.4 Å². The molecule has 0 aliphatic heterocycles. The van der Waals surface area contributed by atoms with Crippen LogP contribution in [0.25, 0.3) is 0 Å². The Labute approximate surface area is 124 Å². The number of benzene rings is 1. The molecule has 0 heterocycles. The first kappa shape index (κ1) is 19.2. The molecule has 0 spiro atoms. The highest BCUT2D eigenvalue weighted by Gasteiger charge is 2.26. The van der Waals surface area contributed by atoms with Crippen LogP contribution in [0.5, 0.6) is 0 Å². The zero-order valence-corrected chi connectivity index (χ0v) is 12.7. The van der Waals surface area contributed by atoms with Gasteiger partial charge in [-0.2, -0.15) is 0 Å². The molecule has 20 heavy (non-hydrogen) atoms. The van der Waals surface area contributed by atoms with E-state index in [0.717, 1.165) is 31.0 Å². The Hall–Kier alpha value is -0.760. The second-order valence-electron chi connectivity index (χ2n) is 4.25. The van der Waals surface area contributed by atoms with E-state index in [1.165, 1.54) is 0 Å². The molecule has 0 fully saturated rings. The van der Waals surface area contributed by atoms with E-state index in [4.69, 9.17) is 5.73 Å². The summed E-state index contributed by atoms with van der Waals surface area (Å²) in [6.45, 7) is 2.04. The van der Waals surface area contributed by atoms with Crippen LogP contribution in [-0.2, 0) is 10.0 Å². The summed E-state index contributed by atoms with van der Waals surface area (Å²) < 4.78 is 53.1. The van der Waals surface area contributed by atoms with Crippen molar-refractivity contribution in [2.24, 2.45) is 5.73 Å². The van der Waals surface area contributed by atoms with E-state index >= 15 is 0 Å². The van der Waals surface area contributed by atoms with Crippen molar-refractivity contribution in [3.63, 3.8) is 0 Å². The van der Waals surface area contributed by atoms with Crippen LogP contribution in [0.4, 0.5) is 8.78 Å². The predicted octanol–water partition coefficient (Wildman–Crippen LogP) is 2.18. The minimum absolute atomic E-state index is 0. The summed E-state index contributed by atoms with van der Waals surface area (Å²) in [7, 11) is -4.24. The van der Waals surface area contributed by atoms with Crippen LogP contribution >= 0.6 is 12.4 Å². The van der Waals surface area contributed by atoms with E-state index in [2.05, 4.69) is 4.72 Å². The largest absolute Gasteiger partial charge is 0.329 e. The van der Waals surface area contributed by atoms with Gasteiger partial charge in [0.15, 0.2) is 4.90 Å². The molecule has 1 atom stereocenters. The molecule has 0 saturated carbocycles. The Morgan fingerprint density at radius 3 is 2.30 bits per heavy atom. The molecule has 1 aromatic rings. The van der Waals surface area contributed by atoms with Crippen LogP contribution < -0.4 is 10.5 Å². The highest BCUT2D eigenvalue weighted by Crippen LogP contribution is 2.18. The van der Waals surface area contributed by atoms with E-state index in [0.29, 0.717) is 6.42 Å². The van der Waals surface area contributed by atoms with Gasteiger partial charge in [0, 0.05) is 12.6 Å². The maximum Gasteiger partial charge on any atom is 0.246 e. The number of hydrogen-bond donors (Lipinski definition) is 2. The minimum atomic E-state index is -4.24. The Morgan fingerprint density at radius 1 is 1.30 bits per heavy atom. The minimum Gasteiger partial charge on any atom is -0.329 e. The van der Waals surface area contributed by atoms with Crippen LogP contribution in [0, 0.1) is 11.6 Å². The van der Waals surface area contributed by atoms with Gasteiger partial charge in [-0.3, -0.25) is 0 Å². The molecule has 1 aromatic carbocycles. The fourth-order valence-corrected chi connectivity index (χ4v) is 3.11. The molecule has 1 unspecified atom stereocenters. The quantitative estimate of drug-likeness (QED) is 0.806. The summed E-state index contributed by atoms with van der Waals surface area (Å²) >= 11 is 0. The van der Waals surface area contributed by atoms with E-state index in [9.17, 15) is 17.2 Å². The van der Waals surface area contributed by atoms with Crippen molar-refractivity contribution in [2.75, 3.05) is 6.54 Å². The smallest absolute Gasteiger partial charge is 0.246 e. The van der Waals surface area contributed by atoms with Crippen molar-refractivity contribution < 1.29 is 17.2 Å². The topological polar surface area (TPSA) is 72.2 Å². The summed E-state index contributed by atoms with van der Waals surface area (Å²) in [6, 6.07) is 2.40. The maximum atomic E-state index is 13.5. The lowest BCUT2D eigenvalue weighted by Gasteiger charge is -2.17. The lowest BCUT2D eigenvalue weighted by Crippen LogP contribution is -2.40. The third-order valence-corrected chi connectivity index (χ3v) is 4.27. The monoisotopic (exact) mass is 328 g/mol. The Balaban J connectivity index is 0.00000361. The third-order valence-electron chi connectivity index (χ3n) is 2.70. The first-order valence-corrected chi connectivity index (χ1v) is 7.57. The second kappa shape index (κ2) is 8.51. The van der Waals surface area contributed by atoms with Gasteiger partial charge in [0.05, 0.1) is 0 Å². The SMILES string of the molecule is CCCCC(CN)NS(=O)(=O)c1c(F)cccc1F.Cl. The molecule has 116 valence electrons. The molecule has 0 saturated heterocycles. The van der Waals surface area contributed by atoms with Crippen LogP contribution in [0.3, 0.4) is 0 Å². The zero-order valence-electron chi connectivity index (χ0n) is 11.1. The number of hydrogen-bond acceptors (Lipinski definition) is 3. The van der Waals surface area contributed by atoms with E-state index in [1.54, 1.807) is 0 Å². The van der Waals surface area contributed by atoms with Crippen molar-refractivity contribution in [1.82, 2.24) is 4.72 Å². The van der Waals surface area contributed by atoms with Gasteiger partial charge in [-0.15, -0.1) is 12.4 Å². The molecule has 1 rings (SSSR count). The summed E-state index contributed by atoms with van der Waals surface area (Å²) in [4.78, 5) is -0.954. The van der Waals surface area contributed by atoms with E-state index in [1.807, 2.05) is 6.92 Å². The third kappa shape index (κ3) is 4.97. The van der Waals surface area contributed by atoms with Crippen molar-refractivity contribution in [1.29, 1.82) is 0 Å².